The lowest BCUT2D eigenvalue weighted by Crippen LogP contribution is -2.44. The summed E-state index contributed by atoms with van der Waals surface area (Å²) in [5.74, 6) is -1.72. The van der Waals surface area contributed by atoms with Crippen LogP contribution >= 0.6 is 12.6 Å². The third kappa shape index (κ3) is 11.6. The molecule has 2 rings (SSSR count). The number of Topliss-reactive ketones (excluding diaryl/α,β-unsaturated/α-hetero) is 1. The van der Waals surface area contributed by atoms with Crippen LogP contribution in [0, 0.1) is 11.8 Å². The van der Waals surface area contributed by atoms with Gasteiger partial charge in [-0.3, -0.25) is 14.4 Å². The van der Waals surface area contributed by atoms with Crippen molar-refractivity contribution in [3.8, 4) is 0 Å². The van der Waals surface area contributed by atoms with Crippen LogP contribution in [0.25, 0.3) is 0 Å². The maximum absolute atomic E-state index is 13.1. The molecule has 1 saturated heterocycles. The molecule has 5 amide bonds. The Morgan fingerprint density at radius 3 is 2.31 bits per heavy atom. The molecule has 0 radical (unpaired) electrons. The molecule has 12 heteroatoms. The van der Waals surface area contributed by atoms with Crippen molar-refractivity contribution in [1.82, 2.24) is 15.5 Å². The zero-order valence-electron chi connectivity index (χ0n) is 22.9. The van der Waals surface area contributed by atoms with Crippen molar-refractivity contribution in [1.29, 1.82) is 0 Å². The van der Waals surface area contributed by atoms with Crippen molar-refractivity contribution in [2.75, 3.05) is 25.0 Å². The Kier molecular flexibility index (Phi) is 13.1. The number of thiol groups is 1. The van der Waals surface area contributed by atoms with E-state index in [-0.39, 0.29) is 49.2 Å². The highest BCUT2D eigenvalue weighted by atomic mass is 32.1. The Labute approximate surface area is 235 Å². The number of likely N-dealkylation sites (tertiary alicyclic amines) is 1. The number of carbonyl (C=O) groups is 5. The van der Waals surface area contributed by atoms with Gasteiger partial charge in [0, 0.05) is 49.8 Å². The summed E-state index contributed by atoms with van der Waals surface area (Å²) in [6, 6.07) is 5.56. The summed E-state index contributed by atoms with van der Waals surface area (Å²) < 4.78 is 5.41. The normalized spacial score (nSPS) is 15.3. The first-order valence-corrected chi connectivity index (χ1v) is 13.8. The average molecular weight is 564 g/mol. The van der Waals surface area contributed by atoms with E-state index >= 15 is 0 Å². The van der Waals surface area contributed by atoms with Crippen LogP contribution in [0.3, 0.4) is 0 Å². The van der Waals surface area contributed by atoms with E-state index in [0.29, 0.717) is 36.9 Å². The third-order valence-corrected chi connectivity index (χ3v) is 7.04. The Morgan fingerprint density at radius 2 is 1.74 bits per heavy atom. The van der Waals surface area contributed by atoms with Gasteiger partial charge in [0.1, 0.15) is 6.61 Å². The molecule has 0 aliphatic carbocycles. The SMILES string of the molecule is CC(=O)N[C@H](C(=O)C[C@@H](CCCNC(N)=O)C(=O)Nc1ccc(COC(=O)N2CCC(S)CC2)cc1)C(C)C. The van der Waals surface area contributed by atoms with Gasteiger partial charge < -0.3 is 31.3 Å². The fourth-order valence-corrected chi connectivity index (χ4v) is 4.54. The smallest absolute Gasteiger partial charge is 0.410 e. The zero-order valence-corrected chi connectivity index (χ0v) is 23.8. The van der Waals surface area contributed by atoms with E-state index in [2.05, 4.69) is 28.6 Å². The summed E-state index contributed by atoms with van der Waals surface area (Å²) in [6.07, 6.45) is 2.03. The number of nitrogens with two attached hydrogens (primary N) is 1. The first-order valence-electron chi connectivity index (χ1n) is 13.3. The van der Waals surface area contributed by atoms with Gasteiger partial charge in [-0.2, -0.15) is 12.6 Å². The van der Waals surface area contributed by atoms with E-state index in [0.717, 1.165) is 18.4 Å². The molecule has 11 nitrogen and oxygen atoms in total. The molecule has 39 heavy (non-hydrogen) atoms. The van der Waals surface area contributed by atoms with Crippen LogP contribution in [0.2, 0.25) is 0 Å². The molecule has 0 spiro atoms. The maximum atomic E-state index is 13.1. The molecule has 1 aliphatic rings. The molecule has 0 aromatic heterocycles. The van der Waals surface area contributed by atoms with Crippen LogP contribution in [0.4, 0.5) is 15.3 Å². The molecule has 1 aromatic carbocycles. The molecule has 216 valence electrons. The predicted octanol–water partition coefficient (Wildman–Crippen LogP) is 2.84. The van der Waals surface area contributed by atoms with Crippen LogP contribution in [0.1, 0.15) is 58.4 Å². The highest BCUT2D eigenvalue weighted by Crippen LogP contribution is 2.20. The number of nitrogens with one attached hydrogen (secondary N) is 3. The summed E-state index contributed by atoms with van der Waals surface area (Å²) in [6.45, 7) is 6.63. The minimum atomic E-state index is -0.701. The Bertz CT molecular complexity index is 995. The monoisotopic (exact) mass is 563 g/mol. The highest BCUT2D eigenvalue weighted by Gasteiger charge is 2.29. The van der Waals surface area contributed by atoms with Gasteiger partial charge in [0.2, 0.25) is 11.8 Å². The van der Waals surface area contributed by atoms with Crippen LogP contribution in [-0.2, 0) is 25.7 Å². The summed E-state index contributed by atoms with van der Waals surface area (Å²) in [5.41, 5.74) is 6.40. The van der Waals surface area contributed by atoms with E-state index in [1.54, 1.807) is 29.2 Å². The number of urea groups is 1. The number of amides is 5. The van der Waals surface area contributed by atoms with E-state index in [1.165, 1.54) is 6.92 Å². The van der Waals surface area contributed by atoms with Crippen molar-refractivity contribution < 1.29 is 28.7 Å². The first kappa shape index (κ1) is 31.9. The Morgan fingerprint density at radius 1 is 1.10 bits per heavy atom. The molecule has 1 aromatic rings. The summed E-state index contributed by atoms with van der Waals surface area (Å²) >= 11 is 4.44. The van der Waals surface area contributed by atoms with Gasteiger partial charge in [-0.15, -0.1) is 0 Å². The van der Waals surface area contributed by atoms with E-state index in [4.69, 9.17) is 10.5 Å². The predicted molar refractivity (Wildman–Crippen MR) is 151 cm³/mol. The molecule has 1 heterocycles. The summed E-state index contributed by atoms with van der Waals surface area (Å²) in [4.78, 5) is 62.7. The quantitative estimate of drug-likeness (QED) is 0.183. The van der Waals surface area contributed by atoms with Gasteiger partial charge in [-0.05, 0) is 49.3 Å². The van der Waals surface area contributed by atoms with Crippen LogP contribution in [0.5, 0.6) is 0 Å². The minimum absolute atomic E-state index is 0.0654. The lowest BCUT2D eigenvalue weighted by Gasteiger charge is -2.29. The largest absolute Gasteiger partial charge is 0.445 e. The number of primary amides is 1. The molecule has 0 bridgehead atoms. The molecule has 2 atom stereocenters. The number of ether oxygens (including phenoxy) is 1. The zero-order chi connectivity index (χ0) is 28.9. The van der Waals surface area contributed by atoms with Gasteiger partial charge in [-0.1, -0.05) is 26.0 Å². The Hall–Kier alpha value is -3.28. The van der Waals surface area contributed by atoms with E-state index in [1.807, 2.05) is 13.8 Å². The topological polar surface area (TPSA) is 160 Å². The molecule has 0 saturated carbocycles. The number of ketones is 1. The molecule has 1 aliphatic heterocycles. The highest BCUT2D eigenvalue weighted by molar-refractivity contribution is 7.80. The van der Waals surface area contributed by atoms with Crippen molar-refractivity contribution in [2.45, 2.75) is 70.8 Å². The standard InChI is InChI=1S/C27H41N5O6S/c1-17(2)24(30-18(3)33)23(34)15-20(5-4-12-29-26(28)36)25(35)31-21-8-6-19(7-9-21)16-38-27(37)32-13-10-22(39)11-14-32/h6-9,17,20,22,24,39H,4-5,10-16H2,1-3H3,(H,30,33)(H,31,35)(H3,28,29,36)/t20-,24+/m1/s1. The number of piperidine rings is 1. The fraction of sp³-hybridized carbons (Fsp3) is 0.593. The van der Waals surface area contributed by atoms with Crippen LogP contribution in [0.15, 0.2) is 24.3 Å². The van der Waals surface area contributed by atoms with Gasteiger partial charge in [0.15, 0.2) is 5.78 Å². The van der Waals surface area contributed by atoms with Gasteiger partial charge >= 0.3 is 12.1 Å². The molecule has 1 fully saturated rings. The van der Waals surface area contributed by atoms with Crippen LogP contribution in [-0.4, -0.2) is 65.5 Å². The third-order valence-electron chi connectivity index (χ3n) is 6.53. The number of nitrogens with zero attached hydrogens (tertiary/aromatic N) is 1. The van der Waals surface area contributed by atoms with Crippen molar-refractivity contribution in [3.63, 3.8) is 0 Å². The summed E-state index contributed by atoms with van der Waals surface area (Å²) in [5, 5.41) is 8.30. The van der Waals surface area contributed by atoms with Crippen molar-refractivity contribution >= 4 is 48.0 Å². The number of carbonyl (C=O) groups excluding carboxylic acids is 5. The maximum Gasteiger partial charge on any atom is 0.410 e. The second-order valence-corrected chi connectivity index (χ2v) is 10.9. The fourth-order valence-electron chi connectivity index (χ4n) is 4.31. The van der Waals surface area contributed by atoms with Gasteiger partial charge in [-0.25, -0.2) is 9.59 Å². The van der Waals surface area contributed by atoms with Gasteiger partial charge in [0.25, 0.3) is 0 Å². The molecular weight excluding hydrogens is 522 g/mol. The first-order chi connectivity index (χ1) is 18.5. The lowest BCUT2D eigenvalue weighted by atomic mass is 9.89. The number of anilines is 1. The second kappa shape index (κ2) is 16.0. The minimum Gasteiger partial charge on any atom is -0.445 e. The van der Waals surface area contributed by atoms with Crippen LogP contribution < -0.4 is 21.7 Å². The van der Waals surface area contributed by atoms with Gasteiger partial charge in [0.05, 0.1) is 6.04 Å². The molecule has 5 N–H and O–H groups in total. The lowest BCUT2D eigenvalue weighted by molar-refractivity contribution is -0.130. The number of hydrogen-bond acceptors (Lipinski definition) is 7. The van der Waals surface area contributed by atoms with E-state index < -0.39 is 18.0 Å². The molecular formula is C27H41N5O6S. The Balaban J connectivity index is 1.97. The summed E-state index contributed by atoms with van der Waals surface area (Å²) in [7, 11) is 0. The van der Waals surface area contributed by atoms with Crippen molar-refractivity contribution in [2.24, 2.45) is 17.6 Å². The number of rotatable bonds is 13. The average Bonchev–Trinajstić information content (AvgIpc) is 2.88. The van der Waals surface area contributed by atoms with Crippen molar-refractivity contribution in [3.05, 3.63) is 29.8 Å². The number of benzene rings is 1. The van der Waals surface area contributed by atoms with E-state index in [9.17, 15) is 24.0 Å². The second-order valence-electron chi connectivity index (χ2n) is 10.2. The molecule has 0 unspecified atom stereocenters. The number of hydrogen-bond donors (Lipinski definition) is 5.